The number of anilines is 1. The van der Waals surface area contributed by atoms with Crippen LogP contribution in [0.15, 0.2) is 24.2 Å². The van der Waals surface area contributed by atoms with E-state index in [1.807, 2.05) is 6.07 Å². The van der Waals surface area contributed by atoms with Crippen LogP contribution in [0.5, 0.6) is 0 Å². The first-order valence-electron chi connectivity index (χ1n) is 6.56. The maximum absolute atomic E-state index is 6.13. The van der Waals surface area contributed by atoms with E-state index in [4.69, 9.17) is 17.4 Å². The Morgan fingerprint density at radius 3 is 2.79 bits per heavy atom. The van der Waals surface area contributed by atoms with Crippen molar-refractivity contribution in [3.63, 3.8) is 0 Å². The molecule has 0 radical (unpaired) electrons. The van der Waals surface area contributed by atoms with Gasteiger partial charge in [0.15, 0.2) is 0 Å². The van der Waals surface area contributed by atoms with Gasteiger partial charge in [0.2, 0.25) is 0 Å². The van der Waals surface area contributed by atoms with Crippen molar-refractivity contribution in [1.29, 1.82) is 0 Å². The molecule has 0 aromatic carbocycles. The standard InChI is InChI=1S/C14H23ClN4/c1-5-6-7-14(19(4)16)18-13-8-11(10(2)3)12(15)9-17-13/h7-10H,5-6,16H2,1-4H3,(H,17,18)/b14-7-. The maximum atomic E-state index is 6.13. The summed E-state index contributed by atoms with van der Waals surface area (Å²) in [5.74, 6) is 7.75. The number of nitrogens with one attached hydrogen (secondary N) is 1. The normalized spacial score (nSPS) is 11.8. The largest absolute Gasteiger partial charge is 0.326 e. The molecule has 0 aliphatic rings. The van der Waals surface area contributed by atoms with Crippen LogP contribution in [0.1, 0.15) is 45.1 Å². The van der Waals surface area contributed by atoms with Gasteiger partial charge in [0.05, 0.1) is 5.02 Å². The van der Waals surface area contributed by atoms with Gasteiger partial charge in [-0.15, -0.1) is 0 Å². The first kappa shape index (κ1) is 15.8. The van der Waals surface area contributed by atoms with Gasteiger partial charge in [0, 0.05) is 13.2 Å². The molecule has 0 atom stereocenters. The van der Waals surface area contributed by atoms with Crippen LogP contribution in [-0.2, 0) is 0 Å². The Morgan fingerprint density at radius 2 is 2.26 bits per heavy atom. The minimum absolute atomic E-state index is 0.356. The van der Waals surface area contributed by atoms with Gasteiger partial charge in [-0.25, -0.2) is 10.8 Å². The zero-order valence-corrected chi connectivity index (χ0v) is 12.8. The first-order chi connectivity index (χ1) is 8.95. The van der Waals surface area contributed by atoms with E-state index >= 15 is 0 Å². The smallest absolute Gasteiger partial charge is 0.131 e. The van der Waals surface area contributed by atoms with Crippen LogP contribution >= 0.6 is 11.6 Å². The monoisotopic (exact) mass is 282 g/mol. The third kappa shape index (κ3) is 4.73. The van der Waals surface area contributed by atoms with Gasteiger partial charge in [0.1, 0.15) is 11.6 Å². The number of unbranched alkanes of at least 4 members (excludes halogenated alkanes) is 1. The molecule has 0 saturated carbocycles. The highest BCUT2D eigenvalue weighted by Gasteiger charge is 2.08. The number of nitrogens with zero attached hydrogens (tertiary/aromatic N) is 2. The Hall–Kier alpha value is -1.26. The van der Waals surface area contributed by atoms with Crippen LogP contribution in [-0.4, -0.2) is 17.0 Å². The lowest BCUT2D eigenvalue weighted by Gasteiger charge is -2.19. The number of allylic oxidation sites excluding steroid dienone is 1. The summed E-state index contributed by atoms with van der Waals surface area (Å²) in [5, 5.41) is 5.48. The quantitative estimate of drug-likeness (QED) is 0.617. The van der Waals surface area contributed by atoms with Crippen molar-refractivity contribution in [2.75, 3.05) is 12.4 Å². The number of nitrogens with two attached hydrogens (primary N) is 1. The fourth-order valence-corrected chi connectivity index (χ4v) is 1.98. The van der Waals surface area contributed by atoms with Gasteiger partial charge < -0.3 is 5.32 Å². The number of hydrazine groups is 1. The molecule has 1 aromatic rings. The lowest BCUT2D eigenvalue weighted by molar-refractivity contribution is 0.443. The zero-order valence-electron chi connectivity index (χ0n) is 12.1. The molecule has 0 spiro atoms. The van der Waals surface area contributed by atoms with Crippen molar-refractivity contribution in [3.8, 4) is 0 Å². The Morgan fingerprint density at radius 1 is 1.58 bits per heavy atom. The Balaban J connectivity index is 2.94. The molecule has 106 valence electrons. The molecule has 0 aliphatic carbocycles. The second-order valence-electron chi connectivity index (χ2n) is 4.86. The number of aromatic nitrogens is 1. The summed E-state index contributed by atoms with van der Waals surface area (Å²) >= 11 is 6.13. The van der Waals surface area contributed by atoms with Gasteiger partial charge in [-0.3, -0.25) is 5.01 Å². The van der Waals surface area contributed by atoms with E-state index in [9.17, 15) is 0 Å². The summed E-state index contributed by atoms with van der Waals surface area (Å²) in [6, 6.07) is 1.97. The van der Waals surface area contributed by atoms with E-state index in [1.54, 1.807) is 18.3 Å². The van der Waals surface area contributed by atoms with Crippen molar-refractivity contribution in [2.45, 2.75) is 39.5 Å². The van der Waals surface area contributed by atoms with E-state index < -0.39 is 0 Å². The topological polar surface area (TPSA) is 54.2 Å². The SMILES string of the molecule is CCC/C=C(/Nc1cc(C(C)C)c(Cl)cn1)N(C)N. The molecular weight excluding hydrogens is 260 g/mol. The summed E-state index contributed by atoms with van der Waals surface area (Å²) in [4.78, 5) is 4.29. The molecule has 3 N–H and O–H groups in total. The van der Waals surface area contributed by atoms with Crippen LogP contribution < -0.4 is 11.2 Å². The van der Waals surface area contributed by atoms with E-state index in [1.165, 1.54) is 0 Å². The Labute approximate surface area is 120 Å². The second-order valence-corrected chi connectivity index (χ2v) is 5.27. The zero-order chi connectivity index (χ0) is 14.4. The minimum Gasteiger partial charge on any atom is -0.326 e. The summed E-state index contributed by atoms with van der Waals surface area (Å²) in [6.07, 6.45) is 5.78. The molecule has 0 fully saturated rings. The average Bonchev–Trinajstić information content (AvgIpc) is 2.35. The Bertz CT molecular complexity index is 441. The van der Waals surface area contributed by atoms with Gasteiger partial charge in [-0.1, -0.05) is 38.8 Å². The number of hydrogen-bond donors (Lipinski definition) is 2. The molecule has 5 heteroatoms. The highest BCUT2D eigenvalue weighted by molar-refractivity contribution is 6.31. The summed E-state index contributed by atoms with van der Waals surface area (Å²) in [6.45, 7) is 6.34. The van der Waals surface area contributed by atoms with Crippen LogP contribution in [0.2, 0.25) is 5.02 Å². The van der Waals surface area contributed by atoms with Gasteiger partial charge in [-0.05, 0) is 30.0 Å². The predicted molar refractivity (Wildman–Crippen MR) is 81.9 cm³/mol. The fourth-order valence-electron chi connectivity index (χ4n) is 1.66. The van der Waals surface area contributed by atoms with Crippen molar-refractivity contribution >= 4 is 17.4 Å². The molecule has 1 aromatic heterocycles. The molecule has 0 saturated heterocycles. The maximum Gasteiger partial charge on any atom is 0.131 e. The van der Waals surface area contributed by atoms with Crippen LogP contribution in [0.4, 0.5) is 5.82 Å². The van der Waals surface area contributed by atoms with Crippen molar-refractivity contribution in [3.05, 3.63) is 34.7 Å². The second kappa shape index (κ2) is 7.36. The van der Waals surface area contributed by atoms with Crippen LogP contribution in [0, 0.1) is 0 Å². The first-order valence-corrected chi connectivity index (χ1v) is 6.94. The third-order valence-electron chi connectivity index (χ3n) is 2.77. The summed E-state index contributed by atoms with van der Waals surface area (Å²) in [7, 11) is 1.80. The average molecular weight is 283 g/mol. The van der Waals surface area contributed by atoms with Crippen molar-refractivity contribution in [1.82, 2.24) is 9.99 Å². The molecule has 0 amide bonds. The molecule has 0 unspecified atom stereocenters. The lowest BCUT2D eigenvalue weighted by Crippen LogP contribution is -2.29. The molecule has 19 heavy (non-hydrogen) atoms. The van der Waals surface area contributed by atoms with E-state index in [0.29, 0.717) is 10.9 Å². The van der Waals surface area contributed by atoms with E-state index in [2.05, 4.69) is 37.1 Å². The van der Waals surface area contributed by atoms with Gasteiger partial charge >= 0.3 is 0 Å². The van der Waals surface area contributed by atoms with Crippen LogP contribution in [0.25, 0.3) is 0 Å². The predicted octanol–water partition coefficient (Wildman–Crippen LogP) is 3.72. The van der Waals surface area contributed by atoms with Gasteiger partial charge in [-0.2, -0.15) is 0 Å². The molecule has 0 bridgehead atoms. The molecule has 1 rings (SSSR count). The highest BCUT2D eigenvalue weighted by atomic mass is 35.5. The summed E-state index contributed by atoms with van der Waals surface area (Å²) in [5.41, 5.74) is 1.08. The molecule has 4 nitrogen and oxygen atoms in total. The van der Waals surface area contributed by atoms with Crippen molar-refractivity contribution in [2.24, 2.45) is 5.84 Å². The van der Waals surface area contributed by atoms with E-state index in [0.717, 1.165) is 30.0 Å². The fraction of sp³-hybridized carbons (Fsp3) is 0.500. The minimum atomic E-state index is 0.356. The third-order valence-corrected chi connectivity index (χ3v) is 3.09. The number of halogens is 1. The lowest BCUT2D eigenvalue weighted by atomic mass is 10.1. The Kier molecular flexibility index (Phi) is 6.12. The summed E-state index contributed by atoms with van der Waals surface area (Å²) < 4.78 is 0. The number of hydrogen-bond acceptors (Lipinski definition) is 4. The number of pyridine rings is 1. The molecular formula is C14H23ClN4. The van der Waals surface area contributed by atoms with Gasteiger partial charge in [0.25, 0.3) is 0 Å². The van der Waals surface area contributed by atoms with Crippen molar-refractivity contribution < 1.29 is 0 Å². The highest BCUT2D eigenvalue weighted by Crippen LogP contribution is 2.26. The van der Waals surface area contributed by atoms with E-state index in [-0.39, 0.29) is 0 Å². The molecule has 0 aliphatic heterocycles. The molecule has 1 heterocycles. The number of rotatable bonds is 6. The van der Waals surface area contributed by atoms with Crippen LogP contribution in [0.3, 0.4) is 0 Å².